The van der Waals surface area contributed by atoms with Crippen LogP contribution in [0.2, 0.25) is 0 Å². The first-order chi connectivity index (χ1) is 9.47. The average Bonchev–Trinajstić information content (AvgIpc) is 2.41. The Kier molecular flexibility index (Phi) is 4.14. The van der Waals surface area contributed by atoms with Crippen molar-refractivity contribution in [3.8, 4) is 0 Å². The van der Waals surface area contributed by atoms with Crippen molar-refractivity contribution in [3.63, 3.8) is 0 Å². The summed E-state index contributed by atoms with van der Waals surface area (Å²) in [6.45, 7) is 0. The highest BCUT2D eigenvalue weighted by Gasteiger charge is 2.12. The molecule has 2 N–H and O–H groups in total. The van der Waals surface area contributed by atoms with Crippen molar-refractivity contribution in [1.82, 2.24) is 0 Å². The Morgan fingerprint density at radius 3 is 2.25 bits per heavy atom. The molecule has 0 bridgehead atoms. The van der Waals surface area contributed by atoms with Crippen LogP contribution in [0.5, 0.6) is 0 Å². The van der Waals surface area contributed by atoms with Gasteiger partial charge in [0.15, 0.2) is 0 Å². The van der Waals surface area contributed by atoms with Crippen molar-refractivity contribution in [2.45, 2.75) is 0 Å². The zero-order chi connectivity index (χ0) is 14.7. The SMILES string of the molecule is O=C(O)c1ccc(F)c(NC(=O)c2ccc(Br)cc2)c1. The van der Waals surface area contributed by atoms with Gasteiger partial charge >= 0.3 is 5.97 Å². The van der Waals surface area contributed by atoms with E-state index in [1.54, 1.807) is 24.3 Å². The maximum atomic E-state index is 13.6. The van der Waals surface area contributed by atoms with Crippen LogP contribution < -0.4 is 5.32 Å². The molecule has 0 spiro atoms. The van der Waals surface area contributed by atoms with Gasteiger partial charge in [-0.1, -0.05) is 15.9 Å². The number of carbonyl (C=O) groups is 2. The van der Waals surface area contributed by atoms with Crippen molar-refractivity contribution in [3.05, 3.63) is 63.9 Å². The number of hydrogen-bond acceptors (Lipinski definition) is 2. The highest BCUT2D eigenvalue weighted by Crippen LogP contribution is 2.18. The molecule has 0 heterocycles. The molecule has 0 aliphatic carbocycles. The number of hydrogen-bond donors (Lipinski definition) is 2. The third kappa shape index (κ3) is 3.21. The summed E-state index contributed by atoms with van der Waals surface area (Å²) in [5.74, 6) is -2.40. The Morgan fingerprint density at radius 1 is 1.05 bits per heavy atom. The number of halogens is 2. The third-order valence-corrected chi connectivity index (χ3v) is 3.10. The van der Waals surface area contributed by atoms with Gasteiger partial charge in [-0.15, -0.1) is 0 Å². The molecule has 6 heteroatoms. The number of amides is 1. The molecule has 0 atom stereocenters. The predicted octanol–water partition coefficient (Wildman–Crippen LogP) is 3.54. The van der Waals surface area contributed by atoms with E-state index in [9.17, 15) is 14.0 Å². The van der Waals surface area contributed by atoms with Crippen molar-refractivity contribution in [1.29, 1.82) is 0 Å². The van der Waals surface area contributed by atoms with E-state index in [4.69, 9.17) is 5.11 Å². The van der Waals surface area contributed by atoms with E-state index in [0.717, 1.165) is 22.7 Å². The van der Waals surface area contributed by atoms with Crippen LogP contribution in [0.4, 0.5) is 10.1 Å². The number of carboxylic acids is 1. The number of nitrogens with one attached hydrogen (secondary N) is 1. The molecule has 0 saturated heterocycles. The van der Waals surface area contributed by atoms with Gasteiger partial charge in [-0.05, 0) is 42.5 Å². The van der Waals surface area contributed by atoms with Crippen LogP contribution in [0.25, 0.3) is 0 Å². The topological polar surface area (TPSA) is 66.4 Å². The summed E-state index contributed by atoms with van der Waals surface area (Å²) in [7, 11) is 0. The molecular weight excluding hydrogens is 329 g/mol. The lowest BCUT2D eigenvalue weighted by Gasteiger charge is -2.07. The number of carbonyl (C=O) groups excluding carboxylic acids is 1. The molecule has 0 aromatic heterocycles. The highest BCUT2D eigenvalue weighted by molar-refractivity contribution is 9.10. The van der Waals surface area contributed by atoms with Crippen molar-refractivity contribution in [2.75, 3.05) is 5.32 Å². The summed E-state index contributed by atoms with van der Waals surface area (Å²) in [6, 6.07) is 9.71. The number of benzene rings is 2. The first-order valence-electron chi connectivity index (χ1n) is 5.57. The molecule has 20 heavy (non-hydrogen) atoms. The summed E-state index contributed by atoms with van der Waals surface area (Å²) in [5, 5.41) is 11.2. The maximum absolute atomic E-state index is 13.6. The van der Waals surface area contributed by atoms with E-state index in [1.807, 2.05) is 0 Å². The van der Waals surface area contributed by atoms with Gasteiger partial charge < -0.3 is 10.4 Å². The number of aromatic carboxylic acids is 1. The minimum Gasteiger partial charge on any atom is -0.478 e. The Balaban J connectivity index is 2.25. The van der Waals surface area contributed by atoms with Gasteiger partial charge in [0.25, 0.3) is 5.91 Å². The van der Waals surface area contributed by atoms with Gasteiger partial charge in [-0.3, -0.25) is 4.79 Å². The fourth-order valence-corrected chi connectivity index (χ4v) is 1.81. The molecule has 2 aromatic rings. The van der Waals surface area contributed by atoms with E-state index in [0.29, 0.717) is 5.56 Å². The van der Waals surface area contributed by atoms with Crippen LogP contribution in [0.15, 0.2) is 46.9 Å². The van der Waals surface area contributed by atoms with Gasteiger partial charge in [0, 0.05) is 10.0 Å². The van der Waals surface area contributed by atoms with E-state index < -0.39 is 17.7 Å². The molecule has 2 aromatic carbocycles. The summed E-state index contributed by atoms with van der Waals surface area (Å²) in [5.41, 5.74) is 0.0728. The zero-order valence-corrected chi connectivity index (χ0v) is 11.6. The van der Waals surface area contributed by atoms with Gasteiger partial charge in [-0.25, -0.2) is 9.18 Å². The average molecular weight is 338 g/mol. The van der Waals surface area contributed by atoms with Crippen LogP contribution >= 0.6 is 15.9 Å². The minimum absolute atomic E-state index is 0.0995. The molecular formula is C14H9BrFNO3. The summed E-state index contributed by atoms with van der Waals surface area (Å²) < 4.78 is 14.4. The fourth-order valence-electron chi connectivity index (χ4n) is 1.55. The third-order valence-electron chi connectivity index (χ3n) is 2.57. The van der Waals surface area contributed by atoms with Crippen molar-refractivity contribution < 1.29 is 19.1 Å². The van der Waals surface area contributed by atoms with E-state index in [2.05, 4.69) is 21.2 Å². The Hall–Kier alpha value is -2.21. The molecule has 2 rings (SSSR count). The number of carboxylic acid groups (broad SMARTS) is 1. The lowest BCUT2D eigenvalue weighted by atomic mass is 10.1. The van der Waals surface area contributed by atoms with E-state index >= 15 is 0 Å². The molecule has 0 fully saturated rings. The monoisotopic (exact) mass is 337 g/mol. The predicted molar refractivity (Wildman–Crippen MR) is 75.5 cm³/mol. The van der Waals surface area contributed by atoms with Gasteiger partial charge in [0.05, 0.1) is 11.3 Å². The van der Waals surface area contributed by atoms with Crippen molar-refractivity contribution >= 4 is 33.5 Å². The molecule has 0 radical (unpaired) electrons. The van der Waals surface area contributed by atoms with Crippen LogP contribution in [0, 0.1) is 5.82 Å². The Morgan fingerprint density at radius 2 is 1.65 bits per heavy atom. The van der Waals surface area contributed by atoms with Crippen LogP contribution in [-0.2, 0) is 0 Å². The standard InChI is InChI=1S/C14H9BrFNO3/c15-10-4-1-8(2-5-10)13(18)17-12-7-9(14(19)20)3-6-11(12)16/h1-7H,(H,17,18)(H,19,20). The van der Waals surface area contributed by atoms with Gasteiger partial charge in [0.2, 0.25) is 0 Å². The first kappa shape index (κ1) is 14.2. The number of anilines is 1. The number of rotatable bonds is 3. The fraction of sp³-hybridized carbons (Fsp3) is 0. The Labute approximate surface area is 122 Å². The second-order valence-corrected chi connectivity index (χ2v) is 4.88. The molecule has 0 aliphatic rings. The highest BCUT2D eigenvalue weighted by atomic mass is 79.9. The van der Waals surface area contributed by atoms with Crippen molar-refractivity contribution in [2.24, 2.45) is 0 Å². The second kappa shape index (κ2) is 5.83. The summed E-state index contributed by atoms with van der Waals surface area (Å²) >= 11 is 3.24. The minimum atomic E-state index is -1.19. The summed E-state index contributed by atoms with van der Waals surface area (Å²) in [4.78, 5) is 22.7. The van der Waals surface area contributed by atoms with Gasteiger partial charge in [0.1, 0.15) is 5.82 Å². The van der Waals surface area contributed by atoms with Crippen LogP contribution in [0.1, 0.15) is 20.7 Å². The smallest absolute Gasteiger partial charge is 0.335 e. The molecule has 1 amide bonds. The first-order valence-corrected chi connectivity index (χ1v) is 6.36. The van der Waals surface area contributed by atoms with Crippen LogP contribution in [0.3, 0.4) is 0 Å². The molecule has 0 aliphatic heterocycles. The Bertz CT molecular complexity index is 671. The van der Waals surface area contributed by atoms with Gasteiger partial charge in [-0.2, -0.15) is 0 Å². The molecule has 0 unspecified atom stereocenters. The molecule has 4 nitrogen and oxygen atoms in total. The largest absolute Gasteiger partial charge is 0.478 e. The van der Waals surface area contributed by atoms with Crippen LogP contribution in [-0.4, -0.2) is 17.0 Å². The maximum Gasteiger partial charge on any atom is 0.335 e. The van der Waals surface area contributed by atoms with E-state index in [1.165, 1.54) is 0 Å². The van der Waals surface area contributed by atoms with E-state index in [-0.39, 0.29) is 11.3 Å². The quantitative estimate of drug-likeness (QED) is 0.900. The lowest BCUT2D eigenvalue weighted by Crippen LogP contribution is -2.13. The molecule has 102 valence electrons. The second-order valence-electron chi connectivity index (χ2n) is 3.96. The summed E-state index contributed by atoms with van der Waals surface area (Å²) in [6.07, 6.45) is 0. The molecule has 0 saturated carbocycles. The normalized spacial score (nSPS) is 10.1. The lowest BCUT2D eigenvalue weighted by molar-refractivity contribution is 0.0696. The zero-order valence-electron chi connectivity index (χ0n) is 10.1.